The molecule has 3 aromatic carbocycles. The largest absolute Gasteiger partial charge is 0.490 e. The summed E-state index contributed by atoms with van der Waals surface area (Å²) in [6.07, 6.45) is 1.70. The van der Waals surface area contributed by atoms with E-state index in [1.807, 2.05) is 73.7 Å². The van der Waals surface area contributed by atoms with Crippen LogP contribution >= 0.6 is 11.6 Å². The van der Waals surface area contributed by atoms with Gasteiger partial charge in [0.25, 0.3) is 0 Å². The van der Waals surface area contributed by atoms with Gasteiger partial charge in [-0.25, -0.2) is 10.4 Å². The van der Waals surface area contributed by atoms with Crippen LogP contribution in [0.15, 0.2) is 71.8 Å². The third-order valence-electron chi connectivity index (χ3n) is 4.38. The van der Waals surface area contributed by atoms with Crippen molar-refractivity contribution in [1.29, 1.82) is 0 Å². The van der Waals surface area contributed by atoms with Gasteiger partial charge in [0.2, 0.25) is 5.95 Å². The molecule has 6 nitrogen and oxygen atoms in total. The minimum atomic E-state index is 0.362. The monoisotopic (exact) mass is 420 g/mol. The van der Waals surface area contributed by atoms with Crippen LogP contribution < -0.4 is 14.9 Å². The first kappa shape index (κ1) is 19.8. The highest BCUT2D eigenvalue weighted by atomic mass is 35.5. The summed E-state index contributed by atoms with van der Waals surface area (Å²) in [6.45, 7) is 2.82. The van der Waals surface area contributed by atoms with E-state index in [2.05, 4.69) is 20.5 Å². The van der Waals surface area contributed by atoms with Crippen molar-refractivity contribution in [1.82, 2.24) is 9.97 Å². The minimum Gasteiger partial charge on any atom is -0.490 e. The Morgan fingerprint density at radius 3 is 2.70 bits per heavy atom. The molecule has 0 fully saturated rings. The minimum absolute atomic E-state index is 0.362. The van der Waals surface area contributed by atoms with Gasteiger partial charge in [-0.05, 0) is 48.9 Å². The highest BCUT2D eigenvalue weighted by Crippen LogP contribution is 2.29. The third-order valence-corrected chi connectivity index (χ3v) is 4.75. The van der Waals surface area contributed by atoms with E-state index in [1.165, 1.54) is 0 Å². The number of hydrazone groups is 1. The predicted molar refractivity (Wildman–Crippen MR) is 121 cm³/mol. The van der Waals surface area contributed by atoms with Gasteiger partial charge in [-0.2, -0.15) is 5.10 Å². The van der Waals surface area contributed by atoms with Crippen LogP contribution in [-0.2, 0) is 6.61 Å². The Balaban J connectivity index is 1.45. The Morgan fingerprint density at radius 2 is 1.87 bits per heavy atom. The molecule has 1 heterocycles. The van der Waals surface area contributed by atoms with Crippen LogP contribution in [0.1, 0.15) is 18.1 Å². The third kappa shape index (κ3) is 4.72. The fourth-order valence-corrected chi connectivity index (χ4v) is 3.13. The topological polar surface area (TPSA) is 71.5 Å². The molecule has 0 aliphatic rings. The van der Waals surface area contributed by atoms with E-state index in [0.29, 0.717) is 35.7 Å². The van der Waals surface area contributed by atoms with Gasteiger partial charge in [0, 0.05) is 10.6 Å². The quantitative estimate of drug-likeness (QED) is 0.286. The lowest BCUT2D eigenvalue weighted by molar-refractivity contribution is 0.269. The number of nitrogens with one attached hydrogen (secondary N) is 2. The van der Waals surface area contributed by atoms with E-state index in [-0.39, 0.29) is 0 Å². The molecule has 0 spiro atoms. The van der Waals surface area contributed by atoms with Crippen LogP contribution in [0.4, 0.5) is 5.95 Å². The molecule has 0 amide bonds. The van der Waals surface area contributed by atoms with Crippen molar-refractivity contribution >= 4 is 34.8 Å². The highest BCUT2D eigenvalue weighted by molar-refractivity contribution is 6.31. The zero-order chi connectivity index (χ0) is 20.8. The van der Waals surface area contributed by atoms with E-state index < -0.39 is 0 Å². The molecular weight excluding hydrogens is 400 g/mol. The van der Waals surface area contributed by atoms with Crippen LogP contribution in [0, 0.1) is 0 Å². The number of hydrogen-bond acceptors (Lipinski definition) is 5. The SMILES string of the molecule is CCOc1cc(/C=N\Nc2nc3ccccc3[nH]2)ccc1OCc1ccccc1Cl. The molecule has 0 aliphatic heterocycles. The number of nitrogens with zero attached hydrogens (tertiary/aromatic N) is 2. The van der Waals surface area contributed by atoms with Crippen molar-refractivity contribution in [2.45, 2.75) is 13.5 Å². The van der Waals surface area contributed by atoms with Crippen LogP contribution in [0.25, 0.3) is 11.0 Å². The Labute approximate surface area is 179 Å². The number of halogens is 1. The fraction of sp³-hybridized carbons (Fsp3) is 0.130. The number of imidazole rings is 1. The molecule has 0 saturated heterocycles. The number of benzene rings is 3. The summed E-state index contributed by atoms with van der Waals surface area (Å²) in [6, 6.07) is 21.1. The average molecular weight is 421 g/mol. The molecule has 30 heavy (non-hydrogen) atoms. The molecule has 4 rings (SSSR count). The summed E-state index contributed by atoms with van der Waals surface area (Å²) in [4.78, 5) is 7.60. The van der Waals surface area contributed by atoms with Crippen molar-refractivity contribution < 1.29 is 9.47 Å². The van der Waals surface area contributed by atoms with Gasteiger partial charge < -0.3 is 14.5 Å². The molecule has 0 radical (unpaired) electrons. The number of rotatable bonds is 8. The second kappa shape index (κ2) is 9.33. The molecule has 152 valence electrons. The molecule has 4 aromatic rings. The van der Waals surface area contributed by atoms with Gasteiger partial charge in [-0.1, -0.05) is 41.9 Å². The van der Waals surface area contributed by atoms with E-state index in [0.717, 1.165) is 22.2 Å². The maximum atomic E-state index is 6.21. The molecule has 0 unspecified atom stereocenters. The van der Waals surface area contributed by atoms with E-state index in [1.54, 1.807) is 6.21 Å². The zero-order valence-corrected chi connectivity index (χ0v) is 17.2. The lowest BCUT2D eigenvalue weighted by Gasteiger charge is -2.13. The first-order valence-electron chi connectivity index (χ1n) is 9.60. The number of aromatic amines is 1. The van der Waals surface area contributed by atoms with E-state index in [9.17, 15) is 0 Å². The van der Waals surface area contributed by atoms with E-state index in [4.69, 9.17) is 21.1 Å². The molecule has 1 aromatic heterocycles. The van der Waals surface area contributed by atoms with Crippen LogP contribution in [-0.4, -0.2) is 22.8 Å². The molecule has 7 heteroatoms. The maximum Gasteiger partial charge on any atom is 0.222 e. The predicted octanol–water partition coefficient (Wildman–Crippen LogP) is 5.64. The first-order chi connectivity index (χ1) is 14.7. The lowest BCUT2D eigenvalue weighted by Crippen LogP contribution is -2.01. The summed E-state index contributed by atoms with van der Waals surface area (Å²) < 4.78 is 11.7. The number of anilines is 1. The summed E-state index contributed by atoms with van der Waals surface area (Å²) in [5.74, 6) is 1.88. The smallest absolute Gasteiger partial charge is 0.222 e. The summed E-state index contributed by atoms with van der Waals surface area (Å²) >= 11 is 6.21. The number of fused-ring (bicyclic) bond motifs is 1. The number of hydrogen-bond donors (Lipinski definition) is 2. The Kier molecular flexibility index (Phi) is 6.15. The highest BCUT2D eigenvalue weighted by Gasteiger charge is 2.08. The van der Waals surface area contributed by atoms with Gasteiger partial charge in [-0.15, -0.1) is 0 Å². The average Bonchev–Trinajstić information content (AvgIpc) is 3.17. The van der Waals surface area contributed by atoms with E-state index >= 15 is 0 Å². The van der Waals surface area contributed by atoms with Crippen LogP contribution in [0.2, 0.25) is 5.02 Å². The lowest BCUT2D eigenvalue weighted by atomic mass is 10.2. The van der Waals surface area contributed by atoms with Gasteiger partial charge >= 0.3 is 0 Å². The molecule has 0 bridgehead atoms. The standard InChI is InChI=1S/C23H21ClN4O2/c1-2-29-22-13-16(11-12-21(22)30-15-17-7-3-4-8-18(17)24)14-25-28-23-26-19-9-5-6-10-20(19)27-23/h3-14H,2,15H2,1H3,(H2,26,27,28)/b25-14-. The molecule has 0 aliphatic carbocycles. The van der Waals surface area contributed by atoms with Gasteiger partial charge in [0.05, 0.1) is 23.9 Å². The second-order valence-electron chi connectivity index (χ2n) is 6.49. The number of ether oxygens (including phenoxy) is 2. The van der Waals surface area contributed by atoms with Crippen molar-refractivity contribution in [2.75, 3.05) is 12.0 Å². The molecular formula is C23H21ClN4O2. The fourth-order valence-electron chi connectivity index (χ4n) is 2.94. The van der Waals surface area contributed by atoms with Gasteiger partial charge in [0.1, 0.15) is 6.61 Å². The Hall–Kier alpha value is -3.51. The van der Waals surface area contributed by atoms with Crippen LogP contribution in [0.5, 0.6) is 11.5 Å². The zero-order valence-electron chi connectivity index (χ0n) is 16.4. The number of H-pyrrole nitrogens is 1. The van der Waals surface area contributed by atoms with Crippen molar-refractivity contribution in [3.63, 3.8) is 0 Å². The number of para-hydroxylation sites is 2. The number of aromatic nitrogens is 2. The van der Waals surface area contributed by atoms with Gasteiger partial charge in [-0.3, -0.25) is 0 Å². The molecule has 0 atom stereocenters. The van der Waals surface area contributed by atoms with Crippen LogP contribution in [0.3, 0.4) is 0 Å². The maximum absolute atomic E-state index is 6.21. The molecule has 2 N–H and O–H groups in total. The van der Waals surface area contributed by atoms with Crippen molar-refractivity contribution in [3.8, 4) is 11.5 Å². The van der Waals surface area contributed by atoms with Gasteiger partial charge in [0.15, 0.2) is 11.5 Å². The first-order valence-corrected chi connectivity index (χ1v) is 9.97. The second-order valence-corrected chi connectivity index (χ2v) is 6.90. The Bertz CT molecular complexity index is 1140. The molecule has 0 saturated carbocycles. The summed E-state index contributed by atoms with van der Waals surface area (Å²) in [7, 11) is 0. The normalized spacial score (nSPS) is 11.1. The summed E-state index contributed by atoms with van der Waals surface area (Å²) in [5, 5.41) is 4.94. The van der Waals surface area contributed by atoms with Crippen molar-refractivity contribution in [3.05, 3.63) is 82.9 Å². The summed E-state index contributed by atoms with van der Waals surface area (Å²) in [5.41, 5.74) is 6.54. The Morgan fingerprint density at radius 1 is 1.03 bits per heavy atom. The van der Waals surface area contributed by atoms with Crippen molar-refractivity contribution in [2.24, 2.45) is 5.10 Å².